The number of phenols is 1. The molecule has 0 aliphatic carbocycles. The molecule has 0 saturated heterocycles. The molecule has 0 aliphatic rings. The molecule has 17 heavy (non-hydrogen) atoms. The molecule has 0 atom stereocenters. The van der Waals surface area contributed by atoms with Gasteiger partial charge >= 0.3 is 35.5 Å². The average Bonchev–Trinajstić information content (AvgIpc) is 2.16. The van der Waals surface area contributed by atoms with Gasteiger partial charge in [-0.1, -0.05) is 19.8 Å². The van der Waals surface area contributed by atoms with Crippen molar-refractivity contribution in [1.29, 1.82) is 0 Å². The number of carbonyl (C=O) groups is 1. The molecule has 1 N–H and O–H groups in total. The van der Waals surface area contributed by atoms with Gasteiger partial charge in [0.1, 0.15) is 11.5 Å². The number of rotatable bonds is 5. The fraction of sp³-hybridized carbons (Fsp3) is 0.462. The molecule has 0 aromatic heterocycles. The number of esters is 1. The van der Waals surface area contributed by atoms with Crippen LogP contribution in [0.2, 0.25) is 0 Å². The molecule has 1 aromatic carbocycles. The molecule has 3 nitrogen and oxygen atoms in total. The Morgan fingerprint density at radius 1 is 1.35 bits per heavy atom. The molecule has 0 aliphatic heterocycles. The molecule has 0 bridgehead atoms. The number of phenolic OH excluding ortho intramolecular Hbond substituents is 1. The van der Waals surface area contributed by atoms with Crippen molar-refractivity contribution in [3.8, 4) is 11.5 Å². The molecule has 90 valence electrons. The zero-order chi connectivity index (χ0) is 12.0. The van der Waals surface area contributed by atoms with Crippen molar-refractivity contribution in [3.63, 3.8) is 0 Å². The molecule has 1 aromatic rings. The van der Waals surface area contributed by atoms with Gasteiger partial charge in [-0.2, -0.15) is 0 Å². The number of aryl methyl sites for hydroxylation is 1. The largest absolute Gasteiger partial charge is 1.00 e. The van der Waals surface area contributed by atoms with Crippen LogP contribution in [-0.2, 0) is 11.2 Å². The zero-order valence-electron chi connectivity index (χ0n) is 11.8. The minimum atomic E-state index is -0.370. The van der Waals surface area contributed by atoms with Gasteiger partial charge in [-0.15, -0.1) is 0 Å². The van der Waals surface area contributed by atoms with Crippen LogP contribution >= 0.6 is 0 Å². The van der Waals surface area contributed by atoms with Crippen LogP contribution in [0, 0.1) is 0 Å². The van der Waals surface area contributed by atoms with Gasteiger partial charge in [0.2, 0.25) is 0 Å². The maximum Gasteiger partial charge on any atom is 1.00 e. The molecule has 0 unspecified atom stereocenters. The first-order chi connectivity index (χ1) is 7.61. The van der Waals surface area contributed by atoms with E-state index in [0.29, 0.717) is 5.75 Å². The van der Waals surface area contributed by atoms with E-state index >= 15 is 0 Å². The summed E-state index contributed by atoms with van der Waals surface area (Å²) in [5.41, 5.74) is 1.00. The number of ether oxygens (including phenoxy) is 1. The Kier molecular flexibility index (Phi) is 8.30. The van der Waals surface area contributed by atoms with Crippen molar-refractivity contribution in [3.05, 3.63) is 23.8 Å². The van der Waals surface area contributed by atoms with E-state index in [-0.39, 0.29) is 42.7 Å². The smallest absolute Gasteiger partial charge is 1.00 e. The number of aromatic hydroxyl groups is 1. The predicted octanol–water partition coefficient (Wildman–Crippen LogP) is 0.167. The normalized spacial score (nSPS) is 9.53. The van der Waals surface area contributed by atoms with E-state index in [1.54, 1.807) is 12.1 Å². The summed E-state index contributed by atoms with van der Waals surface area (Å²) in [7, 11) is 0. The van der Waals surface area contributed by atoms with E-state index < -0.39 is 0 Å². The Balaban J connectivity index is 0. The SMILES string of the molecule is CCCCCc1cc(O)cc(OC(C)=O)c1.[H-].[Na+]. The maximum atomic E-state index is 10.8. The first-order valence-electron chi connectivity index (χ1n) is 5.63. The van der Waals surface area contributed by atoms with Gasteiger partial charge in [-0.05, 0) is 30.5 Å². The zero-order valence-corrected chi connectivity index (χ0v) is 12.8. The summed E-state index contributed by atoms with van der Waals surface area (Å²) in [6, 6.07) is 4.96. The topological polar surface area (TPSA) is 46.5 Å². The van der Waals surface area contributed by atoms with E-state index in [1.165, 1.54) is 19.4 Å². The van der Waals surface area contributed by atoms with Crippen molar-refractivity contribution in [2.45, 2.75) is 39.5 Å². The quantitative estimate of drug-likeness (QED) is 0.348. The second-order valence-electron chi connectivity index (χ2n) is 3.89. The minimum Gasteiger partial charge on any atom is -1.00 e. The van der Waals surface area contributed by atoms with Crippen molar-refractivity contribution in [2.24, 2.45) is 0 Å². The van der Waals surface area contributed by atoms with Crippen LogP contribution in [0.15, 0.2) is 18.2 Å². The second kappa shape index (κ2) is 8.56. The average molecular weight is 246 g/mol. The van der Waals surface area contributed by atoms with Gasteiger partial charge in [0, 0.05) is 13.0 Å². The molecule has 0 saturated carbocycles. The Morgan fingerprint density at radius 3 is 2.65 bits per heavy atom. The van der Waals surface area contributed by atoms with Gasteiger partial charge in [0.25, 0.3) is 0 Å². The summed E-state index contributed by atoms with van der Waals surface area (Å²) >= 11 is 0. The molecular weight excluding hydrogens is 227 g/mol. The minimum absolute atomic E-state index is 0. The molecule has 0 heterocycles. The van der Waals surface area contributed by atoms with E-state index in [4.69, 9.17) is 4.74 Å². The summed E-state index contributed by atoms with van der Waals surface area (Å²) in [6.07, 6.45) is 4.31. The van der Waals surface area contributed by atoms with Crippen LogP contribution < -0.4 is 34.3 Å². The summed E-state index contributed by atoms with van der Waals surface area (Å²) in [5, 5.41) is 9.47. The van der Waals surface area contributed by atoms with E-state index in [1.807, 2.05) is 0 Å². The third-order valence-corrected chi connectivity index (χ3v) is 2.28. The number of unbranched alkanes of at least 4 members (excludes halogenated alkanes) is 2. The van der Waals surface area contributed by atoms with E-state index in [2.05, 4.69) is 6.92 Å². The molecule has 0 radical (unpaired) electrons. The summed E-state index contributed by atoms with van der Waals surface area (Å²) in [4.78, 5) is 10.8. The third kappa shape index (κ3) is 6.71. The monoisotopic (exact) mass is 246 g/mol. The maximum absolute atomic E-state index is 10.8. The first-order valence-corrected chi connectivity index (χ1v) is 5.63. The number of carbonyl (C=O) groups excluding carboxylic acids is 1. The van der Waals surface area contributed by atoms with Gasteiger partial charge < -0.3 is 11.3 Å². The molecule has 0 fully saturated rings. The van der Waals surface area contributed by atoms with Gasteiger partial charge in [-0.3, -0.25) is 4.79 Å². The summed E-state index contributed by atoms with van der Waals surface area (Å²) < 4.78 is 4.94. The van der Waals surface area contributed by atoms with Crippen molar-refractivity contribution < 1.29 is 45.6 Å². The van der Waals surface area contributed by atoms with Crippen molar-refractivity contribution >= 4 is 5.97 Å². The molecule has 0 amide bonds. The number of benzene rings is 1. The fourth-order valence-corrected chi connectivity index (χ4v) is 1.59. The predicted molar refractivity (Wildman–Crippen MR) is 63.8 cm³/mol. The molecule has 1 rings (SSSR count). The van der Waals surface area contributed by atoms with Crippen LogP contribution in [0.1, 0.15) is 40.1 Å². The van der Waals surface area contributed by atoms with Crippen LogP contribution in [0.4, 0.5) is 0 Å². The van der Waals surface area contributed by atoms with E-state index in [0.717, 1.165) is 24.8 Å². The van der Waals surface area contributed by atoms with Crippen molar-refractivity contribution in [1.82, 2.24) is 0 Å². The Morgan fingerprint density at radius 2 is 2.06 bits per heavy atom. The number of hydrogen-bond donors (Lipinski definition) is 1. The standard InChI is InChI=1S/C13H18O3.Na.H/c1-3-4-5-6-11-7-12(15)9-13(8-11)16-10(2)14;;/h7-9,15H,3-6H2,1-2H3;;/q;+1;-1. The summed E-state index contributed by atoms with van der Waals surface area (Å²) in [6.45, 7) is 3.49. The van der Waals surface area contributed by atoms with Gasteiger partial charge in [-0.25, -0.2) is 0 Å². The van der Waals surface area contributed by atoms with Crippen LogP contribution in [0.25, 0.3) is 0 Å². The fourth-order valence-electron chi connectivity index (χ4n) is 1.59. The van der Waals surface area contributed by atoms with Gasteiger partial charge in [0.05, 0.1) is 0 Å². The molecule has 4 heteroatoms. The molecule has 0 spiro atoms. The Labute approximate surface area is 126 Å². The Bertz CT molecular complexity index is 369. The van der Waals surface area contributed by atoms with Gasteiger partial charge in [0.15, 0.2) is 0 Å². The van der Waals surface area contributed by atoms with Crippen LogP contribution in [0.3, 0.4) is 0 Å². The van der Waals surface area contributed by atoms with E-state index in [9.17, 15) is 9.90 Å². The van der Waals surface area contributed by atoms with Crippen LogP contribution in [0.5, 0.6) is 11.5 Å². The molecular formula is C13H19NaO3. The van der Waals surface area contributed by atoms with Crippen LogP contribution in [-0.4, -0.2) is 11.1 Å². The summed E-state index contributed by atoms with van der Waals surface area (Å²) in [5.74, 6) is 0.189. The first kappa shape index (κ1) is 16.5. The third-order valence-electron chi connectivity index (χ3n) is 2.28. The second-order valence-corrected chi connectivity index (χ2v) is 3.89. The van der Waals surface area contributed by atoms with Crippen molar-refractivity contribution in [2.75, 3.05) is 0 Å². The number of hydrogen-bond acceptors (Lipinski definition) is 3. The Hall–Kier alpha value is -0.510.